The molecule has 4 nitrogen and oxygen atoms in total. The summed E-state index contributed by atoms with van der Waals surface area (Å²) in [4.78, 5) is 19.1. The molecule has 0 aliphatic carbocycles. The lowest BCUT2D eigenvalue weighted by Gasteiger charge is -2.34. The summed E-state index contributed by atoms with van der Waals surface area (Å²) in [5.41, 5.74) is 1.57. The molecule has 0 atom stereocenters. The molecule has 3 heterocycles. The zero-order chi connectivity index (χ0) is 18.8. The maximum absolute atomic E-state index is 13.4. The van der Waals surface area contributed by atoms with Crippen LogP contribution in [-0.4, -0.2) is 41.9 Å². The molecule has 0 N–H and O–H groups in total. The van der Waals surface area contributed by atoms with Gasteiger partial charge in [0.1, 0.15) is 11.6 Å². The largest absolute Gasteiger partial charge is 0.469 e. The Kier molecular flexibility index (Phi) is 5.09. The van der Waals surface area contributed by atoms with Gasteiger partial charge in [0.15, 0.2) is 0 Å². The molecule has 1 saturated heterocycles. The van der Waals surface area contributed by atoms with Crippen molar-refractivity contribution in [2.45, 2.75) is 13.5 Å². The van der Waals surface area contributed by atoms with Crippen LogP contribution in [-0.2, 0) is 6.54 Å². The maximum atomic E-state index is 13.4. The fourth-order valence-electron chi connectivity index (χ4n) is 3.37. The fraction of sp³-hybridized carbons (Fsp3) is 0.286. The van der Waals surface area contributed by atoms with Crippen LogP contribution < -0.4 is 0 Å². The fourth-order valence-corrected chi connectivity index (χ4v) is 4.41. The number of piperazine rings is 1. The number of furan rings is 1. The Bertz CT molecular complexity index is 941. The smallest absolute Gasteiger partial charge is 0.257 e. The molecule has 0 spiro atoms. The molecule has 1 aliphatic heterocycles. The highest BCUT2D eigenvalue weighted by molar-refractivity contribution is 7.15. The summed E-state index contributed by atoms with van der Waals surface area (Å²) in [6.45, 7) is 5.78. The Hall–Kier alpha value is -2.44. The molecular weight excluding hydrogens is 363 g/mol. The lowest BCUT2D eigenvalue weighted by molar-refractivity contribution is 0.0628. The van der Waals surface area contributed by atoms with Crippen molar-refractivity contribution in [1.29, 1.82) is 0 Å². The van der Waals surface area contributed by atoms with E-state index in [0.29, 0.717) is 24.4 Å². The Labute approximate surface area is 161 Å². The van der Waals surface area contributed by atoms with E-state index >= 15 is 0 Å². The third-order valence-electron chi connectivity index (χ3n) is 4.90. The SMILES string of the molecule is Cc1occc1C(=O)N1CCN(Cc2ccc(-c3cccc(F)c3)s2)CC1. The van der Waals surface area contributed by atoms with Crippen molar-refractivity contribution >= 4 is 17.2 Å². The summed E-state index contributed by atoms with van der Waals surface area (Å²) in [5, 5.41) is 0. The van der Waals surface area contributed by atoms with Crippen LogP contribution in [0.15, 0.2) is 53.1 Å². The van der Waals surface area contributed by atoms with Gasteiger partial charge in [0, 0.05) is 42.5 Å². The van der Waals surface area contributed by atoms with E-state index in [1.807, 2.05) is 17.9 Å². The molecule has 1 aliphatic rings. The first kappa shape index (κ1) is 17.9. The minimum Gasteiger partial charge on any atom is -0.469 e. The van der Waals surface area contributed by atoms with E-state index in [9.17, 15) is 9.18 Å². The van der Waals surface area contributed by atoms with Gasteiger partial charge in [-0.2, -0.15) is 0 Å². The van der Waals surface area contributed by atoms with Crippen molar-refractivity contribution in [3.63, 3.8) is 0 Å². The molecule has 1 amide bonds. The highest BCUT2D eigenvalue weighted by atomic mass is 32.1. The number of halogens is 1. The summed E-state index contributed by atoms with van der Waals surface area (Å²) in [7, 11) is 0. The van der Waals surface area contributed by atoms with Crippen molar-refractivity contribution < 1.29 is 13.6 Å². The van der Waals surface area contributed by atoms with E-state index in [2.05, 4.69) is 17.0 Å². The number of amides is 1. The van der Waals surface area contributed by atoms with Crippen molar-refractivity contribution in [2.75, 3.05) is 26.2 Å². The Morgan fingerprint density at radius 3 is 2.67 bits per heavy atom. The van der Waals surface area contributed by atoms with Gasteiger partial charge in [-0.3, -0.25) is 9.69 Å². The number of carbonyl (C=O) groups excluding carboxylic acids is 1. The van der Waals surface area contributed by atoms with E-state index in [1.165, 1.54) is 10.9 Å². The molecule has 0 bridgehead atoms. The second-order valence-corrected chi connectivity index (χ2v) is 7.90. The average molecular weight is 384 g/mol. The van der Waals surface area contributed by atoms with Gasteiger partial charge in [-0.05, 0) is 42.8 Å². The van der Waals surface area contributed by atoms with Gasteiger partial charge in [0.05, 0.1) is 11.8 Å². The van der Waals surface area contributed by atoms with Crippen molar-refractivity contribution in [1.82, 2.24) is 9.80 Å². The monoisotopic (exact) mass is 384 g/mol. The van der Waals surface area contributed by atoms with Gasteiger partial charge in [-0.1, -0.05) is 12.1 Å². The highest BCUT2D eigenvalue weighted by Gasteiger charge is 2.24. The van der Waals surface area contributed by atoms with Crippen LogP contribution >= 0.6 is 11.3 Å². The molecule has 4 rings (SSSR count). The van der Waals surface area contributed by atoms with Crippen LogP contribution in [0.5, 0.6) is 0 Å². The predicted octanol–water partition coefficient (Wildman–Crippen LogP) is 4.41. The first-order chi connectivity index (χ1) is 13.1. The lowest BCUT2D eigenvalue weighted by Crippen LogP contribution is -2.48. The third-order valence-corrected chi connectivity index (χ3v) is 6.02. The van der Waals surface area contributed by atoms with E-state index in [1.54, 1.807) is 35.8 Å². The van der Waals surface area contributed by atoms with E-state index in [-0.39, 0.29) is 11.7 Å². The standard InChI is InChI=1S/C21H21FN2O2S/c1-15-19(7-12-26-15)21(25)24-10-8-23(9-11-24)14-18-5-6-20(27-18)16-3-2-4-17(22)13-16/h2-7,12-13H,8-11,14H2,1H3. The van der Waals surface area contributed by atoms with E-state index in [0.717, 1.165) is 30.1 Å². The third kappa shape index (κ3) is 3.96. The molecular formula is C21H21FN2O2S. The van der Waals surface area contributed by atoms with Gasteiger partial charge in [-0.15, -0.1) is 11.3 Å². The van der Waals surface area contributed by atoms with Crippen LogP contribution in [0, 0.1) is 12.7 Å². The number of nitrogens with zero attached hydrogens (tertiary/aromatic N) is 2. The highest BCUT2D eigenvalue weighted by Crippen LogP contribution is 2.29. The zero-order valence-corrected chi connectivity index (χ0v) is 16.0. The number of rotatable bonds is 4. The topological polar surface area (TPSA) is 36.7 Å². The first-order valence-electron chi connectivity index (χ1n) is 9.00. The predicted molar refractivity (Wildman–Crippen MR) is 104 cm³/mol. The summed E-state index contributed by atoms with van der Waals surface area (Å²) >= 11 is 1.69. The molecule has 1 fully saturated rings. The summed E-state index contributed by atoms with van der Waals surface area (Å²) < 4.78 is 18.7. The Morgan fingerprint density at radius 2 is 1.96 bits per heavy atom. The lowest BCUT2D eigenvalue weighted by atomic mass is 10.2. The second kappa shape index (κ2) is 7.66. The van der Waals surface area contributed by atoms with Crippen molar-refractivity contribution in [2.24, 2.45) is 0 Å². The van der Waals surface area contributed by atoms with Gasteiger partial charge >= 0.3 is 0 Å². The average Bonchev–Trinajstić information content (AvgIpc) is 3.31. The van der Waals surface area contributed by atoms with Gasteiger partial charge in [-0.25, -0.2) is 4.39 Å². The van der Waals surface area contributed by atoms with Gasteiger partial charge < -0.3 is 9.32 Å². The molecule has 0 saturated carbocycles. The van der Waals surface area contributed by atoms with Gasteiger partial charge in [0.25, 0.3) is 5.91 Å². The van der Waals surface area contributed by atoms with Crippen LogP contribution in [0.1, 0.15) is 21.0 Å². The van der Waals surface area contributed by atoms with Crippen LogP contribution in [0.3, 0.4) is 0 Å². The number of hydrogen-bond donors (Lipinski definition) is 0. The Balaban J connectivity index is 1.35. The Morgan fingerprint density at radius 1 is 1.15 bits per heavy atom. The van der Waals surface area contributed by atoms with Crippen LogP contribution in [0.4, 0.5) is 4.39 Å². The maximum Gasteiger partial charge on any atom is 0.257 e. The molecule has 0 unspecified atom stereocenters. The van der Waals surface area contributed by atoms with Crippen molar-refractivity contribution in [3.8, 4) is 10.4 Å². The van der Waals surface area contributed by atoms with Gasteiger partial charge in [0.2, 0.25) is 0 Å². The number of carbonyl (C=O) groups is 1. The first-order valence-corrected chi connectivity index (χ1v) is 9.82. The minimum absolute atomic E-state index is 0.0467. The summed E-state index contributed by atoms with van der Waals surface area (Å²) in [6.07, 6.45) is 1.56. The summed E-state index contributed by atoms with van der Waals surface area (Å²) in [6, 6.07) is 12.6. The molecule has 3 aromatic rings. The number of thiophene rings is 1. The number of benzene rings is 1. The molecule has 27 heavy (non-hydrogen) atoms. The van der Waals surface area contributed by atoms with Crippen LogP contribution in [0.2, 0.25) is 0 Å². The normalized spacial score (nSPS) is 15.3. The summed E-state index contributed by atoms with van der Waals surface area (Å²) in [5.74, 6) is 0.507. The second-order valence-electron chi connectivity index (χ2n) is 6.74. The molecule has 6 heteroatoms. The van der Waals surface area contributed by atoms with E-state index in [4.69, 9.17) is 4.42 Å². The van der Waals surface area contributed by atoms with E-state index < -0.39 is 0 Å². The van der Waals surface area contributed by atoms with Crippen LogP contribution in [0.25, 0.3) is 10.4 Å². The number of hydrogen-bond acceptors (Lipinski definition) is 4. The number of aryl methyl sites for hydroxylation is 1. The quantitative estimate of drug-likeness (QED) is 0.668. The molecule has 2 aromatic heterocycles. The minimum atomic E-state index is -0.212. The molecule has 1 aromatic carbocycles. The molecule has 140 valence electrons. The molecule has 0 radical (unpaired) electrons. The zero-order valence-electron chi connectivity index (χ0n) is 15.2. The van der Waals surface area contributed by atoms with Crippen molar-refractivity contribution in [3.05, 3.63) is 70.7 Å².